The summed E-state index contributed by atoms with van der Waals surface area (Å²) in [5.74, 6) is -4.64. The molecule has 2 aromatic rings. The fraction of sp³-hybridized carbons (Fsp3) is 0.412. The lowest BCUT2D eigenvalue weighted by Gasteiger charge is -2.34. The van der Waals surface area contributed by atoms with E-state index in [9.17, 15) is 36.8 Å². The van der Waals surface area contributed by atoms with Gasteiger partial charge in [0.15, 0.2) is 12.3 Å². The lowest BCUT2D eigenvalue weighted by Crippen LogP contribution is -2.57. The first-order valence-corrected chi connectivity index (χ1v) is 10.5. The van der Waals surface area contributed by atoms with Crippen LogP contribution in [-0.4, -0.2) is 45.3 Å². The fourth-order valence-electron chi connectivity index (χ4n) is 3.26. The summed E-state index contributed by atoms with van der Waals surface area (Å²) in [4.78, 5) is 24.8. The van der Waals surface area contributed by atoms with Gasteiger partial charge >= 0.3 is 19.4 Å². The number of hydrogen-bond donors (Lipinski definition) is 2. The van der Waals surface area contributed by atoms with Gasteiger partial charge in [-0.3, -0.25) is 23.4 Å². The Bertz CT molecular complexity index is 1190. The number of phosphoric ester groups is 1. The molecule has 4 rings (SSSR count). The summed E-state index contributed by atoms with van der Waals surface area (Å²) >= 11 is 0. The number of fused-ring (bicyclic) bond motifs is 1. The number of aromatic amines is 1. The Balaban J connectivity index is 1.63. The molecule has 0 amide bonds. The summed E-state index contributed by atoms with van der Waals surface area (Å²) in [6, 6.07) is 6.85. The van der Waals surface area contributed by atoms with Gasteiger partial charge in [-0.1, -0.05) is 18.2 Å². The third-order valence-corrected chi connectivity index (χ3v) is 6.32. The molecule has 174 valence electrons. The van der Waals surface area contributed by atoms with Crippen LogP contribution >= 0.6 is 7.82 Å². The van der Waals surface area contributed by atoms with Crippen molar-refractivity contribution >= 4 is 7.82 Å². The van der Waals surface area contributed by atoms with Crippen molar-refractivity contribution in [3.05, 3.63) is 62.9 Å². The number of nitrogens with one attached hydrogen (secondary N) is 1. The Kier molecular flexibility index (Phi) is 5.54. The van der Waals surface area contributed by atoms with Crippen molar-refractivity contribution in [3.63, 3.8) is 0 Å². The predicted octanol–water partition coefficient (Wildman–Crippen LogP) is 1.80. The van der Waals surface area contributed by atoms with E-state index in [-0.39, 0.29) is 12.4 Å². The number of aliphatic hydroxyl groups excluding tert-OH is 1. The molecule has 3 heterocycles. The first-order valence-electron chi connectivity index (χ1n) is 8.99. The Morgan fingerprint density at radius 3 is 2.69 bits per heavy atom. The molecule has 1 fully saturated rings. The maximum Gasteiger partial charge on any atom is 0.530 e. The van der Waals surface area contributed by atoms with Crippen molar-refractivity contribution in [2.45, 2.75) is 36.9 Å². The molecule has 0 bridgehead atoms. The lowest BCUT2D eigenvalue weighted by molar-refractivity contribution is -0.243. The molecule has 10 nitrogen and oxygen atoms in total. The van der Waals surface area contributed by atoms with Crippen LogP contribution in [0.4, 0.5) is 17.6 Å². The first kappa shape index (κ1) is 22.7. The second-order valence-electron chi connectivity index (χ2n) is 6.98. The minimum absolute atomic E-state index is 0.0463. The van der Waals surface area contributed by atoms with Crippen molar-refractivity contribution in [1.29, 1.82) is 0 Å². The number of para-hydroxylation sites is 1. The van der Waals surface area contributed by atoms with Crippen LogP contribution in [0.5, 0.6) is 5.75 Å². The average Bonchev–Trinajstić information content (AvgIpc) is 2.93. The first-order chi connectivity index (χ1) is 15.0. The molecule has 2 aliphatic rings. The number of phosphoric acid groups is 1. The number of H-pyrrole nitrogens is 1. The van der Waals surface area contributed by atoms with Gasteiger partial charge in [-0.05, 0) is 6.07 Å². The van der Waals surface area contributed by atoms with Gasteiger partial charge in [0.25, 0.3) is 12.0 Å². The minimum atomic E-state index is -4.69. The second-order valence-corrected chi connectivity index (χ2v) is 8.57. The van der Waals surface area contributed by atoms with Crippen molar-refractivity contribution in [1.82, 2.24) is 9.55 Å². The number of aromatic nitrogens is 2. The molecule has 2 aliphatic heterocycles. The van der Waals surface area contributed by atoms with Gasteiger partial charge in [0.1, 0.15) is 12.4 Å². The fourth-order valence-corrected chi connectivity index (χ4v) is 4.51. The van der Waals surface area contributed by atoms with Crippen LogP contribution in [0.25, 0.3) is 0 Å². The maximum absolute atomic E-state index is 14.9. The number of aliphatic hydroxyl groups is 1. The molecule has 0 aliphatic carbocycles. The Hall–Kier alpha value is -2.51. The molecule has 0 radical (unpaired) electrons. The number of hydrogen-bond acceptors (Lipinski definition) is 8. The summed E-state index contributed by atoms with van der Waals surface area (Å²) in [5.41, 5.74) is -5.54. The highest BCUT2D eigenvalue weighted by atomic mass is 31.2. The van der Waals surface area contributed by atoms with Crippen LogP contribution in [0.3, 0.4) is 0 Å². The molecule has 15 heteroatoms. The minimum Gasteiger partial charge on any atom is -0.404 e. The number of nitrogens with zero attached hydrogens (tertiary/aromatic N) is 1. The number of alkyl halides is 4. The Labute approximate surface area is 175 Å². The zero-order chi connectivity index (χ0) is 23.3. The molecular weight excluding hydrogens is 467 g/mol. The van der Waals surface area contributed by atoms with Crippen LogP contribution in [0.2, 0.25) is 0 Å². The third kappa shape index (κ3) is 3.57. The summed E-state index contributed by atoms with van der Waals surface area (Å²) in [6.07, 6.45) is -8.54. The smallest absolute Gasteiger partial charge is 0.404 e. The molecule has 1 aromatic carbocycles. The molecular formula is C17H15F4N2O8P. The summed E-state index contributed by atoms with van der Waals surface area (Å²) in [7, 11) is -4.61. The number of benzene rings is 1. The van der Waals surface area contributed by atoms with E-state index in [0.717, 1.165) is 6.07 Å². The molecule has 0 saturated carbocycles. The molecule has 2 N–H and O–H groups in total. The zero-order valence-corrected chi connectivity index (χ0v) is 16.7. The van der Waals surface area contributed by atoms with E-state index in [1.807, 2.05) is 0 Å². The van der Waals surface area contributed by atoms with E-state index >= 15 is 0 Å². The van der Waals surface area contributed by atoms with E-state index in [1.54, 1.807) is 17.1 Å². The standard InChI is InChI=1S/C17H15F4N2O8P/c18-14(19)16(8-29-32(27)28-7-9-3-1-2-4-10(9)31-32)17(20,21)12(25)13(30-16)23-6-5-11(24)22-15(23)26/h1-6,12-14,25H,7-8H2,(H,22,24,26)/t12-,13+,16-,32?/m0/s1. The topological polar surface area (TPSA) is 129 Å². The highest BCUT2D eigenvalue weighted by Crippen LogP contribution is 2.58. The van der Waals surface area contributed by atoms with E-state index in [1.165, 1.54) is 12.1 Å². The largest absolute Gasteiger partial charge is 0.530 e. The van der Waals surface area contributed by atoms with Crippen LogP contribution < -0.4 is 15.8 Å². The van der Waals surface area contributed by atoms with E-state index in [2.05, 4.69) is 0 Å². The van der Waals surface area contributed by atoms with E-state index in [0.29, 0.717) is 16.3 Å². The maximum atomic E-state index is 14.9. The number of ether oxygens (including phenoxy) is 1. The monoisotopic (exact) mass is 482 g/mol. The molecule has 0 spiro atoms. The number of halogens is 4. The van der Waals surface area contributed by atoms with Crippen molar-refractivity contribution in [2.75, 3.05) is 6.61 Å². The van der Waals surface area contributed by atoms with Crippen LogP contribution in [0.1, 0.15) is 11.8 Å². The molecule has 32 heavy (non-hydrogen) atoms. The molecule has 1 unspecified atom stereocenters. The highest BCUT2D eigenvalue weighted by molar-refractivity contribution is 7.49. The Morgan fingerprint density at radius 2 is 2.00 bits per heavy atom. The molecule has 1 aromatic heterocycles. The predicted molar refractivity (Wildman–Crippen MR) is 96.6 cm³/mol. The Morgan fingerprint density at radius 1 is 1.28 bits per heavy atom. The molecule has 1 saturated heterocycles. The summed E-state index contributed by atoms with van der Waals surface area (Å²) in [6.45, 7) is -2.02. The summed E-state index contributed by atoms with van der Waals surface area (Å²) in [5, 5.41) is 10.0. The van der Waals surface area contributed by atoms with Crippen LogP contribution in [0.15, 0.2) is 46.1 Å². The van der Waals surface area contributed by atoms with Gasteiger partial charge in [-0.15, -0.1) is 0 Å². The van der Waals surface area contributed by atoms with Gasteiger partial charge in [0.2, 0.25) is 5.60 Å². The quantitative estimate of drug-likeness (QED) is 0.488. The normalized spacial score (nSPS) is 31.3. The molecule has 4 atom stereocenters. The van der Waals surface area contributed by atoms with Gasteiger partial charge in [0, 0.05) is 17.8 Å². The SMILES string of the molecule is O=c1ccn([C@@H]2O[C@@](COP3(=O)OCc4ccccc4O3)(C(F)F)C(F)(F)[C@H]2O)c(=O)[nH]1. The van der Waals surface area contributed by atoms with Crippen molar-refractivity contribution < 1.29 is 45.5 Å². The van der Waals surface area contributed by atoms with Crippen molar-refractivity contribution in [2.24, 2.45) is 0 Å². The van der Waals surface area contributed by atoms with Gasteiger partial charge in [-0.25, -0.2) is 18.1 Å². The van der Waals surface area contributed by atoms with Crippen LogP contribution in [0, 0.1) is 0 Å². The summed E-state index contributed by atoms with van der Waals surface area (Å²) < 4.78 is 90.1. The van der Waals surface area contributed by atoms with Gasteiger partial charge in [-0.2, -0.15) is 8.78 Å². The second kappa shape index (κ2) is 7.81. The lowest BCUT2D eigenvalue weighted by atomic mass is 9.95. The average molecular weight is 482 g/mol. The highest BCUT2D eigenvalue weighted by Gasteiger charge is 2.74. The van der Waals surface area contributed by atoms with E-state index < -0.39 is 56.0 Å². The van der Waals surface area contributed by atoms with Gasteiger partial charge in [0.05, 0.1) is 6.61 Å². The van der Waals surface area contributed by atoms with Crippen molar-refractivity contribution in [3.8, 4) is 5.75 Å². The van der Waals surface area contributed by atoms with Crippen LogP contribution in [-0.2, 0) is 25.0 Å². The third-order valence-electron chi connectivity index (χ3n) is 5.01. The zero-order valence-electron chi connectivity index (χ0n) is 15.8. The van der Waals surface area contributed by atoms with E-state index in [4.69, 9.17) is 18.3 Å². The van der Waals surface area contributed by atoms with Gasteiger partial charge < -0.3 is 14.4 Å². The number of rotatable bonds is 5.